The number of aromatic nitrogens is 3. The molecule has 0 spiro atoms. The molecule has 1 aliphatic rings. The van der Waals surface area contributed by atoms with Crippen LogP contribution in [0.2, 0.25) is 0 Å². The molecule has 0 aliphatic carbocycles. The third-order valence-corrected chi connectivity index (χ3v) is 5.47. The van der Waals surface area contributed by atoms with E-state index in [2.05, 4.69) is 20.0 Å². The molecule has 0 N–H and O–H groups in total. The van der Waals surface area contributed by atoms with Gasteiger partial charge in [0.15, 0.2) is 5.82 Å². The maximum absolute atomic E-state index is 12.6. The van der Waals surface area contributed by atoms with Crippen LogP contribution in [-0.2, 0) is 11.2 Å². The third-order valence-electron chi connectivity index (χ3n) is 4.60. The average Bonchev–Trinajstić information content (AvgIpc) is 3.27. The molecule has 4 rings (SSSR count). The molecule has 0 radical (unpaired) electrons. The van der Waals surface area contributed by atoms with Gasteiger partial charge in [0.05, 0.1) is 12.0 Å². The number of carbonyl (C=O) groups excluding carboxylic acids is 1. The van der Waals surface area contributed by atoms with Crippen LogP contribution in [-0.4, -0.2) is 52.1 Å². The van der Waals surface area contributed by atoms with Gasteiger partial charge in [-0.05, 0) is 36.9 Å². The van der Waals surface area contributed by atoms with Gasteiger partial charge in [-0.25, -0.2) is 4.98 Å². The topological polar surface area (TPSA) is 75.4 Å². The fourth-order valence-corrected chi connectivity index (χ4v) is 3.97. The molecule has 0 saturated carbocycles. The minimum atomic E-state index is 0.188. The number of amides is 1. The highest BCUT2D eigenvalue weighted by Crippen LogP contribution is 2.28. The standard InChI is InChI=1S/C19H21N5O2S/c1-14-21-19(26-22-14)16-6-2-7-20-18(16)24-9-4-8-23(10-11-24)17(25)13-15-5-3-12-27-15/h2-3,5-7,12H,4,8-11,13H2,1H3. The van der Waals surface area contributed by atoms with Crippen molar-refractivity contribution in [2.45, 2.75) is 19.8 Å². The predicted octanol–water partition coefficient (Wildman–Crippen LogP) is 2.78. The lowest BCUT2D eigenvalue weighted by Gasteiger charge is -2.24. The molecule has 1 saturated heterocycles. The molecule has 0 bridgehead atoms. The van der Waals surface area contributed by atoms with E-state index in [1.165, 1.54) is 0 Å². The second-order valence-electron chi connectivity index (χ2n) is 6.50. The van der Waals surface area contributed by atoms with Gasteiger partial charge >= 0.3 is 0 Å². The summed E-state index contributed by atoms with van der Waals surface area (Å²) in [6.45, 7) is 4.81. The molecular formula is C19H21N5O2S. The van der Waals surface area contributed by atoms with Crippen molar-refractivity contribution in [3.05, 3.63) is 46.5 Å². The molecule has 3 aromatic rings. The van der Waals surface area contributed by atoms with Crippen molar-refractivity contribution in [3.8, 4) is 11.5 Å². The van der Waals surface area contributed by atoms with E-state index in [0.717, 1.165) is 42.3 Å². The zero-order valence-corrected chi connectivity index (χ0v) is 16.0. The average molecular weight is 383 g/mol. The molecule has 8 heteroatoms. The Balaban J connectivity index is 1.48. The predicted molar refractivity (Wildman–Crippen MR) is 104 cm³/mol. The van der Waals surface area contributed by atoms with Gasteiger partial charge in [-0.1, -0.05) is 11.2 Å². The van der Waals surface area contributed by atoms with Crippen LogP contribution < -0.4 is 4.90 Å². The van der Waals surface area contributed by atoms with Crippen LogP contribution in [0, 0.1) is 6.92 Å². The normalized spacial score (nSPS) is 15.0. The highest BCUT2D eigenvalue weighted by atomic mass is 32.1. The highest BCUT2D eigenvalue weighted by molar-refractivity contribution is 7.10. The number of nitrogens with zero attached hydrogens (tertiary/aromatic N) is 5. The number of hydrogen-bond acceptors (Lipinski definition) is 7. The monoisotopic (exact) mass is 383 g/mol. The number of aryl methyl sites for hydroxylation is 1. The van der Waals surface area contributed by atoms with Gasteiger partial charge in [-0.2, -0.15) is 4.98 Å². The van der Waals surface area contributed by atoms with Crippen LogP contribution in [0.25, 0.3) is 11.5 Å². The summed E-state index contributed by atoms with van der Waals surface area (Å²) in [6, 6.07) is 7.81. The number of anilines is 1. The van der Waals surface area contributed by atoms with Gasteiger partial charge in [0, 0.05) is 37.3 Å². The molecule has 27 heavy (non-hydrogen) atoms. The maximum atomic E-state index is 12.6. The maximum Gasteiger partial charge on any atom is 0.261 e. The molecule has 1 aliphatic heterocycles. The molecule has 0 aromatic carbocycles. The van der Waals surface area contributed by atoms with Crippen molar-refractivity contribution >= 4 is 23.1 Å². The van der Waals surface area contributed by atoms with E-state index in [0.29, 0.717) is 24.7 Å². The molecule has 4 heterocycles. The fourth-order valence-electron chi connectivity index (χ4n) is 3.28. The summed E-state index contributed by atoms with van der Waals surface area (Å²) in [5, 5.41) is 5.89. The van der Waals surface area contributed by atoms with Crippen molar-refractivity contribution in [2.75, 3.05) is 31.1 Å². The largest absolute Gasteiger partial charge is 0.354 e. The highest BCUT2D eigenvalue weighted by Gasteiger charge is 2.23. The molecular weight excluding hydrogens is 362 g/mol. The minimum absolute atomic E-state index is 0.188. The molecule has 0 unspecified atom stereocenters. The van der Waals surface area contributed by atoms with E-state index in [4.69, 9.17) is 4.52 Å². The Kier molecular flexibility index (Phi) is 5.15. The summed E-state index contributed by atoms with van der Waals surface area (Å²) in [5.41, 5.74) is 0.830. The molecule has 7 nitrogen and oxygen atoms in total. The Morgan fingerprint density at radius 3 is 2.93 bits per heavy atom. The van der Waals surface area contributed by atoms with E-state index in [1.54, 1.807) is 24.5 Å². The Hall–Kier alpha value is -2.74. The lowest BCUT2D eigenvalue weighted by atomic mass is 10.2. The molecule has 0 atom stereocenters. The zero-order valence-electron chi connectivity index (χ0n) is 15.2. The summed E-state index contributed by atoms with van der Waals surface area (Å²) in [6.07, 6.45) is 3.15. The molecule has 140 valence electrons. The van der Waals surface area contributed by atoms with Crippen LogP contribution in [0.1, 0.15) is 17.1 Å². The summed E-state index contributed by atoms with van der Waals surface area (Å²) < 4.78 is 5.34. The minimum Gasteiger partial charge on any atom is -0.354 e. The van der Waals surface area contributed by atoms with E-state index < -0.39 is 0 Å². The van der Waals surface area contributed by atoms with Crippen molar-refractivity contribution in [2.24, 2.45) is 0 Å². The number of hydrogen-bond donors (Lipinski definition) is 0. The van der Waals surface area contributed by atoms with Gasteiger partial charge in [0.2, 0.25) is 5.91 Å². The van der Waals surface area contributed by atoms with Crippen molar-refractivity contribution in [1.29, 1.82) is 0 Å². The Morgan fingerprint density at radius 2 is 2.15 bits per heavy atom. The van der Waals surface area contributed by atoms with Gasteiger partial charge in [0.25, 0.3) is 5.89 Å². The Bertz CT molecular complexity index is 908. The van der Waals surface area contributed by atoms with Crippen LogP contribution in [0.5, 0.6) is 0 Å². The number of thiophene rings is 1. The quantitative estimate of drug-likeness (QED) is 0.690. The van der Waals surface area contributed by atoms with E-state index in [1.807, 2.05) is 34.5 Å². The second kappa shape index (κ2) is 7.87. The van der Waals surface area contributed by atoms with Crippen LogP contribution in [0.4, 0.5) is 5.82 Å². The summed E-state index contributed by atoms with van der Waals surface area (Å²) in [5.74, 6) is 2.09. The zero-order chi connectivity index (χ0) is 18.6. The smallest absolute Gasteiger partial charge is 0.261 e. The van der Waals surface area contributed by atoms with Crippen molar-refractivity contribution < 1.29 is 9.32 Å². The van der Waals surface area contributed by atoms with Crippen LogP contribution in [0.15, 0.2) is 40.4 Å². The Morgan fingerprint density at radius 1 is 1.22 bits per heavy atom. The molecule has 1 fully saturated rings. The van der Waals surface area contributed by atoms with E-state index >= 15 is 0 Å². The van der Waals surface area contributed by atoms with Crippen LogP contribution >= 0.6 is 11.3 Å². The van der Waals surface area contributed by atoms with Gasteiger partial charge in [-0.15, -0.1) is 11.3 Å². The van der Waals surface area contributed by atoms with Gasteiger partial charge in [-0.3, -0.25) is 4.79 Å². The third kappa shape index (κ3) is 4.00. The number of pyridine rings is 1. The van der Waals surface area contributed by atoms with Crippen LogP contribution in [0.3, 0.4) is 0 Å². The van der Waals surface area contributed by atoms with E-state index in [-0.39, 0.29) is 5.91 Å². The summed E-state index contributed by atoms with van der Waals surface area (Å²) in [4.78, 5) is 26.8. The fraction of sp³-hybridized carbons (Fsp3) is 0.368. The first kappa shape index (κ1) is 17.7. The number of rotatable bonds is 4. The first-order valence-electron chi connectivity index (χ1n) is 9.01. The number of carbonyl (C=O) groups is 1. The lowest BCUT2D eigenvalue weighted by molar-refractivity contribution is -0.130. The Labute approximate surface area is 161 Å². The van der Waals surface area contributed by atoms with Gasteiger partial charge < -0.3 is 14.3 Å². The SMILES string of the molecule is Cc1noc(-c2cccnc2N2CCCN(C(=O)Cc3cccs3)CC2)n1. The van der Waals surface area contributed by atoms with E-state index in [9.17, 15) is 4.79 Å². The molecule has 1 amide bonds. The summed E-state index contributed by atoms with van der Waals surface area (Å²) in [7, 11) is 0. The van der Waals surface area contributed by atoms with Crippen molar-refractivity contribution in [1.82, 2.24) is 20.0 Å². The second-order valence-corrected chi connectivity index (χ2v) is 7.53. The first-order valence-corrected chi connectivity index (χ1v) is 9.89. The summed E-state index contributed by atoms with van der Waals surface area (Å²) >= 11 is 1.63. The van der Waals surface area contributed by atoms with Gasteiger partial charge in [0.1, 0.15) is 5.82 Å². The lowest BCUT2D eigenvalue weighted by Crippen LogP contribution is -2.36. The molecule has 3 aromatic heterocycles. The first-order chi connectivity index (χ1) is 13.2. The van der Waals surface area contributed by atoms with Crippen molar-refractivity contribution in [3.63, 3.8) is 0 Å².